The second-order valence-corrected chi connectivity index (χ2v) is 5.04. The Morgan fingerprint density at radius 1 is 1.33 bits per heavy atom. The molecule has 2 aromatic heterocycles. The van der Waals surface area contributed by atoms with Crippen molar-refractivity contribution in [3.05, 3.63) is 47.1 Å². The second-order valence-electron chi connectivity index (χ2n) is 4.03. The van der Waals surface area contributed by atoms with Crippen molar-refractivity contribution in [1.29, 1.82) is 0 Å². The number of imidazole rings is 1. The molecule has 18 heavy (non-hydrogen) atoms. The van der Waals surface area contributed by atoms with Crippen LogP contribution in [0.5, 0.6) is 0 Å². The lowest BCUT2D eigenvalue weighted by molar-refractivity contribution is 0.0702. The molecule has 0 aliphatic rings. The smallest absolute Gasteiger partial charge is 0.347 e. The van der Waals surface area contributed by atoms with Gasteiger partial charge in [0.1, 0.15) is 4.88 Å². The number of carbonyl (C=O) groups is 1. The summed E-state index contributed by atoms with van der Waals surface area (Å²) in [5.74, 6) is -0.914. The van der Waals surface area contributed by atoms with Crippen LogP contribution in [0.2, 0.25) is 0 Å². The molecule has 3 aromatic rings. The Bertz CT molecular complexity index is 711. The molecular formula is C13H10N2O2S. The van der Waals surface area contributed by atoms with Gasteiger partial charge in [-0.05, 0) is 12.5 Å². The Kier molecular flexibility index (Phi) is 2.41. The van der Waals surface area contributed by atoms with Crippen molar-refractivity contribution in [2.45, 2.75) is 6.92 Å². The number of fused-ring (bicyclic) bond motifs is 1. The van der Waals surface area contributed by atoms with Crippen LogP contribution >= 0.6 is 11.3 Å². The van der Waals surface area contributed by atoms with Crippen molar-refractivity contribution < 1.29 is 9.90 Å². The van der Waals surface area contributed by atoms with Gasteiger partial charge in [-0.3, -0.25) is 4.40 Å². The first kappa shape index (κ1) is 11.0. The van der Waals surface area contributed by atoms with E-state index < -0.39 is 5.97 Å². The zero-order valence-electron chi connectivity index (χ0n) is 9.62. The minimum absolute atomic E-state index is 0.300. The molecule has 0 fully saturated rings. The minimum Gasteiger partial charge on any atom is -0.477 e. The molecule has 5 heteroatoms. The maximum Gasteiger partial charge on any atom is 0.347 e. The Hall–Kier alpha value is -2.14. The number of carboxylic acids is 1. The molecule has 0 radical (unpaired) electrons. The summed E-state index contributed by atoms with van der Waals surface area (Å²) in [6.07, 6.45) is 3.46. The summed E-state index contributed by atoms with van der Waals surface area (Å²) in [5, 5.41) is 8.90. The topological polar surface area (TPSA) is 54.6 Å². The minimum atomic E-state index is -0.914. The van der Waals surface area contributed by atoms with Crippen LogP contribution < -0.4 is 0 Å². The number of thiazole rings is 1. The van der Waals surface area contributed by atoms with E-state index in [-0.39, 0.29) is 0 Å². The third-order valence-corrected chi connectivity index (χ3v) is 3.77. The molecule has 0 aliphatic heterocycles. The summed E-state index contributed by atoms with van der Waals surface area (Å²) >= 11 is 1.18. The number of nitrogens with zero attached hydrogens (tertiary/aromatic N) is 2. The standard InChI is InChI=1S/C13H10N2O2S/c1-8-4-2-3-5-9(8)10-6-15-7-11(12(16)17)18-13(15)14-10/h2-7H,1H3,(H,16,17). The monoisotopic (exact) mass is 258 g/mol. The molecule has 4 nitrogen and oxygen atoms in total. The molecule has 0 saturated carbocycles. The predicted molar refractivity (Wildman–Crippen MR) is 70.2 cm³/mol. The first-order chi connectivity index (χ1) is 8.65. The molecule has 0 saturated heterocycles. The molecule has 1 aromatic carbocycles. The van der Waals surface area contributed by atoms with E-state index in [1.54, 1.807) is 10.6 Å². The number of rotatable bonds is 2. The largest absolute Gasteiger partial charge is 0.477 e. The van der Waals surface area contributed by atoms with Crippen LogP contribution in [-0.2, 0) is 0 Å². The van der Waals surface area contributed by atoms with Crippen molar-refractivity contribution >= 4 is 22.3 Å². The van der Waals surface area contributed by atoms with Crippen molar-refractivity contribution in [1.82, 2.24) is 9.38 Å². The Morgan fingerprint density at radius 3 is 2.78 bits per heavy atom. The SMILES string of the molecule is Cc1ccccc1-c1cn2cc(C(=O)O)sc2n1. The molecule has 0 bridgehead atoms. The third-order valence-electron chi connectivity index (χ3n) is 2.79. The van der Waals surface area contributed by atoms with Gasteiger partial charge in [-0.2, -0.15) is 0 Å². The van der Waals surface area contributed by atoms with E-state index in [2.05, 4.69) is 4.98 Å². The zero-order valence-corrected chi connectivity index (χ0v) is 10.4. The number of hydrogen-bond acceptors (Lipinski definition) is 3. The quantitative estimate of drug-likeness (QED) is 0.768. The van der Waals surface area contributed by atoms with Crippen molar-refractivity contribution in [3.8, 4) is 11.3 Å². The fourth-order valence-electron chi connectivity index (χ4n) is 1.88. The van der Waals surface area contributed by atoms with Gasteiger partial charge in [-0.25, -0.2) is 9.78 Å². The highest BCUT2D eigenvalue weighted by Crippen LogP contribution is 2.25. The Balaban J connectivity index is 2.12. The number of carboxylic acid groups (broad SMARTS) is 1. The van der Waals surface area contributed by atoms with Gasteiger partial charge in [-0.15, -0.1) is 0 Å². The van der Waals surface area contributed by atoms with E-state index in [1.807, 2.05) is 37.4 Å². The van der Waals surface area contributed by atoms with Gasteiger partial charge in [-0.1, -0.05) is 35.6 Å². The van der Waals surface area contributed by atoms with Crippen LogP contribution in [0.4, 0.5) is 0 Å². The maximum absolute atomic E-state index is 10.8. The molecule has 0 amide bonds. The van der Waals surface area contributed by atoms with E-state index in [0.29, 0.717) is 9.84 Å². The highest BCUT2D eigenvalue weighted by atomic mass is 32.1. The molecule has 0 spiro atoms. The van der Waals surface area contributed by atoms with Crippen LogP contribution in [0.1, 0.15) is 15.2 Å². The summed E-state index contributed by atoms with van der Waals surface area (Å²) in [6, 6.07) is 8.00. The lowest BCUT2D eigenvalue weighted by Gasteiger charge is -2.00. The normalized spacial score (nSPS) is 10.9. The number of benzene rings is 1. The van der Waals surface area contributed by atoms with Crippen LogP contribution in [0, 0.1) is 6.92 Å². The summed E-state index contributed by atoms with van der Waals surface area (Å²) in [4.78, 5) is 16.3. The highest BCUT2D eigenvalue weighted by Gasteiger charge is 2.12. The fraction of sp³-hybridized carbons (Fsp3) is 0.0769. The lowest BCUT2D eigenvalue weighted by Crippen LogP contribution is -1.90. The number of hydrogen-bond donors (Lipinski definition) is 1. The summed E-state index contributed by atoms with van der Waals surface area (Å²) < 4.78 is 1.76. The average Bonchev–Trinajstić information content (AvgIpc) is 2.87. The lowest BCUT2D eigenvalue weighted by atomic mass is 10.1. The Morgan fingerprint density at radius 2 is 2.11 bits per heavy atom. The highest BCUT2D eigenvalue weighted by molar-refractivity contribution is 7.18. The summed E-state index contributed by atoms with van der Waals surface area (Å²) in [6.45, 7) is 2.03. The molecule has 0 aliphatic carbocycles. The molecule has 2 heterocycles. The van der Waals surface area contributed by atoms with Crippen LogP contribution in [0.3, 0.4) is 0 Å². The molecule has 90 valence electrons. The van der Waals surface area contributed by atoms with Gasteiger partial charge >= 0.3 is 5.97 Å². The zero-order chi connectivity index (χ0) is 12.7. The van der Waals surface area contributed by atoms with Gasteiger partial charge in [0.2, 0.25) is 0 Å². The number of aromatic nitrogens is 2. The van der Waals surface area contributed by atoms with Crippen LogP contribution in [-0.4, -0.2) is 20.5 Å². The summed E-state index contributed by atoms with van der Waals surface area (Å²) in [7, 11) is 0. The Labute approximate surface area is 107 Å². The first-order valence-corrected chi connectivity index (χ1v) is 6.24. The first-order valence-electron chi connectivity index (χ1n) is 5.43. The molecule has 0 unspecified atom stereocenters. The van der Waals surface area contributed by atoms with E-state index in [0.717, 1.165) is 16.8 Å². The van der Waals surface area contributed by atoms with Crippen molar-refractivity contribution in [2.75, 3.05) is 0 Å². The molecule has 1 N–H and O–H groups in total. The summed E-state index contributed by atoms with van der Waals surface area (Å²) in [5.41, 5.74) is 3.10. The number of aromatic carboxylic acids is 1. The van der Waals surface area contributed by atoms with E-state index in [4.69, 9.17) is 5.11 Å². The van der Waals surface area contributed by atoms with Crippen LogP contribution in [0.25, 0.3) is 16.2 Å². The van der Waals surface area contributed by atoms with Gasteiger partial charge in [0, 0.05) is 18.0 Å². The molecule has 0 atom stereocenters. The number of aryl methyl sites for hydroxylation is 1. The van der Waals surface area contributed by atoms with Crippen LogP contribution in [0.15, 0.2) is 36.7 Å². The van der Waals surface area contributed by atoms with E-state index in [1.165, 1.54) is 11.3 Å². The van der Waals surface area contributed by atoms with Gasteiger partial charge in [0.25, 0.3) is 0 Å². The van der Waals surface area contributed by atoms with Crippen molar-refractivity contribution in [2.24, 2.45) is 0 Å². The average molecular weight is 258 g/mol. The third kappa shape index (κ3) is 1.69. The van der Waals surface area contributed by atoms with Gasteiger partial charge in [0.15, 0.2) is 4.96 Å². The fourth-order valence-corrected chi connectivity index (χ4v) is 2.69. The second kappa shape index (κ2) is 3.96. The van der Waals surface area contributed by atoms with Crippen molar-refractivity contribution in [3.63, 3.8) is 0 Å². The van der Waals surface area contributed by atoms with Gasteiger partial charge < -0.3 is 5.11 Å². The van der Waals surface area contributed by atoms with E-state index >= 15 is 0 Å². The molecular weight excluding hydrogens is 248 g/mol. The van der Waals surface area contributed by atoms with E-state index in [9.17, 15) is 4.79 Å². The predicted octanol–water partition coefficient (Wildman–Crippen LogP) is 3.07. The van der Waals surface area contributed by atoms with Gasteiger partial charge in [0.05, 0.1) is 5.69 Å². The maximum atomic E-state index is 10.8. The molecule has 3 rings (SSSR count).